The summed E-state index contributed by atoms with van der Waals surface area (Å²) in [5, 5.41) is 10.7. The van der Waals surface area contributed by atoms with Gasteiger partial charge in [-0.15, -0.1) is 11.3 Å². The summed E-state index contributed by atoms with van der Waals surface area (Å²) < 4.78 is 6.17. The summed E-state index contributed by atoms with van der Waals surface area (Å²) in [5.41, 5.74) is 0. The summed E-state index contributed by atoms with van der Waals surface area (Å²) in [6.45, 7) is 1.86. The molecule has 4 nitrogen and oxygen atoms in total. The molecule has 1 amide bonds. The van der Waals surface area contributed by atoms with Crippen LogP contribution in [0.3, 0.4) is 0 Å². The SMILES string of the molecule is N#CCCN(C(=O)c1sccc1Br)C1CCOCC1. The van der Waals surface area contributed by atoms with Gasteiger partial charge >= 0.3 is 0 Å². The van der Waals surface area contributed by atoms with Crippen molar-refractivity contribution in [3.05, 3.63) is 20.8 Å². The Morgan fingerprint density at radius 3 is 2.89 bits per heavy atom. The molecule has 2 heterocycles. The maximum atomic E-state index is 12.6. The van der Waals surface area contributed by atoms with Gasteiger partial charge in [0.1, 0.15) is 4.88 Å². The van der Waals surface area contributed by atoms with Crippen LogP contribution in [0.1, 0.15) is 28.9 Å². The van der Waals surface area contributed by atoms with E-state index in [1.807, 2.05) is 16.3 Å². The lowest BCUT2D eigenvalue weighted by Gasteiger charge is -2.33. The highest BCUT2D eigenvalue weighted by molar-refractivity contribution is 9.10. The Bertz CT molecular complexity index is 477. The highest BCUT2D eigenvalue weighted by atomic mass is 79.9. The van der Waals surface area contributed by atoms with E-state index in [0.717, 1.165) is 17.3 Å². The van der Waals surface area contributed by atoms with Crippen LogP contribution in [0, 0.1) is 11.3 Å². The van der Waals surface area contributed by atoms with Crippen LogP contribution in [-0.2, 0) is 4.74 Å². The van der Waals surface area contributed by atoms with Gasteiger partial charge in [-0.2, -0.15) is 5.26 Å². The van der Waals surface area contributed by atoms with Gasteiger partial charge in [0.05, 0.1) is 12.5 Å². The summed E-state index contributed by atoms with van der Waals surface area (Å²) in [7, 11) is 0. The minimum atomic E-state index is 0.0176. The van der Waals surface area contributed by atoms with E-state index in [9.17, 15) is 4.79 Å². The van der Waals surface area contributed by atoms with Gasteiger partial charge in [0.25, 0.3) is 5.91 Å². The maximum absolute atomic E-state index is 12.6. The fraction of sp³-hybridized carbons (Fsp3) is 0.538. The number of hydrogen-bond donors (Lipinski definition) is 0. The molecule has 0 bridgehead atoms. The number of carbonyl (C=O) groups excluding carboxylic acids is 1. The molecule has 19 heavy (non-hydrogen) atoms. The van der Waals surface area contributed by atoms with Crippen molar-refractivity contribution in [2.24, 2.45) is 0 Å². The van der Waals surface area contributed by atoms with E-state index in [1.165, 1.54) is 11.3 Å². The molecule has 1 fully saturated rings. The molecule has 1 aromatic heterocycles. The summed E-state index contributed by atoms with van der Waals surface area (Å²) in [6, 6.07) is 4.18. The molecule has 1 saturated heterocycles. The van der Waals surface area contributed by atoms with Gasteiger partial charge in [-0.25, -0.2) is 0 Å². The second-order valence-corrected chi connectivity index (χ2v) is 6.12. The monoisotopic (exact) mass is 342 g/mol. The van der Waals surface area contributed by atoms with Gasteiger partial charge < -0.3 is 9.64 Å². The van der Waals surface area contributed by atoms with Gasteiger partial charge in [0.15, 0.2) is 0 Å². The van der Waals surface area contributed by atoms with Crippen molar-refractivity contribution in [1.29, 1.82) is 5.26 Å². The average Bonchev–Trinajstić information content (AvgIpc) is 2.86. The number of carbonyl (C=O) groups is 1. The first-order valence-corrected chi connectivity index (χ1v) is 7.90. The summed E-state index contributed by atoms with van der Waals surface area (Å²) in [6.07, 6.45) is 2.06. The fourth-order valence-electron chi connectivity index (χ4n) is 2.19. The molecular weight excluding hydrogens is 328 g/mol. The van der Waals surface area contributed by atoms with E-state index < -0.39 is 0 Å². The summed E-state index contributed by atoms with van der Waals surface area (Å²) >= 11 is 4.83. The van der Waals surface area contributed by atoms with Crippen molar-refractivity contribution in [3.63, 3.8) is 0 Å². The molecule has 0 radical (unpaired) electrons. The molecule has 0 N–H and O–H groups in total. The van der Waals surface area contributed by atoms with E-state index in [1.54, 1.807) is 0 Å². The zero-order valence-electron chi connectivity index (χ0n) is 10.5. The van der Waals surface area contributed by atoms with Crippen molar-refractivity contribution in [3.8, 4) is 6.07 Å². The first-order valence-electron chi connectivity index (χ1n) is 6.22. The second kappa shape index (κ2) is 7.04. The quantitative estimate of drug-likeness (QED) is 0.844. The van der Waals surface area contributed by atoms with Crippen LogP contribution in [0.4, 0.5) is 0 Å². The standard InChI is InChI=1S/C13H15BrN2O2S/c14-11-4-9-19-12(11)13(17)16(6-1-5-15)10-2-7-18-8-3-10/h4,9-10H,1-3,6-8H2. The minimum absolute atomic E-state index is 0.0176. The molecule has 0 unspecified atom stereocenters. The summed E-state index contributed by atoms with van der Waals surface area (Å²) in [5.74, 6) is 0.0176. The average molecular weight is 343 g/mol. The van der Waals surface area contributed by atoms with Crippen molar-refractivity contribution in [1.82, 2.24) is 4.90 Å². The van der Waals surface area contributed by atoms with Gasteiger partial charge in [-0.1, -0.05) is 0 Å². The van der Waals surface area contributed by atoms with Gasteiger partial charge in [0, 0.05) is 30.3 Å². The molecular formula is C13H15BrN2O2S. The van der Waals surface area contributed by atoms with E-state index in [2.05, 4.69) is 22.0 Å². The van der Waals surface area contributed by atoms with E-state index in [0.29, 0.717) is 31.1 Å². The van der Waals surface area contributed by atoms with Crippen LogP contribution in [0.5, 0.6) is 0 Å². The Morgan fingerprint density at radius 1 is 1.58 bits per heavy atom. The smallest absolute Gasteiger partial charge is 0.265 e. The maximum Gasteiger partial charge on any atom is 0.265 e. The number of rotatable bonds is 4. The molecule has 6 heteroatoms. The van der Waals surface area contributed by atoms with Gasteiger partial charge in [-0.3, -0.25) is 4.79 Å². The number of amides is 1. The molecule has 2 rings (SSSR count). The topological polar surface area (TPSA) is 53.3 Å². The number of thiophene rings is 1. The molecule has 0 aromatic carbocycles. The predicted molar refractivity (Wildman–Crippen MR) is 77.1 cm³/mol. The molecule has 1 aliphatic rings. The third-order valence-electron chi connectivity index (χ3n) is 3.17. The van der Waals surface area contributed by atoms with E-state index in [4.69, 9.17) is 10.00 Å². The number of nitrogens with zero attached hydrogens (tertiary/aromatic N) is 2. The highest BCUT2D eigenvalue weighted by Crippen LogP contribution is 2.26. The van der Waals surface area contributed by atoms with E-state index >= 15 is 0 Å². The largest absolute Gasteiger partial charge is 0.381 e. The molecule has 0 aliphatic carbocycles. The highest BCUT2D eigenvalue weighted by Gasteiger charge is 2.27. The lowest BCUT2D eigenvalue weighted by atomic mass is 10.1. The Labute approximate surface area is 125 Å². The molecule has 0 spiro atoms. The molecule has 102 valence electrons. The molecule has 0 atom stereocenters. The van der Waals surface area contributed by atoms with Crippen LogP contribution in [0.25, 0.3) is 0 Å². The third-order valence-corrected chi connectivity index (χ3v) is 4.99. The molecule has 1 aliphatic heterocycles. The number of nitriles is 1. The Morgan fingerprint density at radius 2 is 2.32 bits per heavy atom. The number of halogens is 1. The lowest BCUT2D eigenvalue weighted by Crippen LogP contribution is -2.43. The number of hydrogen-bond acceptors (Lipinski definition) is 4. The third kappa shape index (κ3) is 3.56. The van der Waals surface area contributed by atoms with Gasteiger partial charge in [-0.05, 0) is 40.2 Å². The van der Waals surface area contributed by atoms with Crippen molar-refractivity contribution >= 4 is 33.2 Å². The Balaban J connectivity index is 2.14. The van der Waals surface area contributed by atoms with Gasteiger partial charge in [0.2, 0.25) is 0 Å². The van der Waals surface area contributed by atoms with Crippen molar-refractivity contribution in [2.75, 3.05) is 19.8 Å². The van der Waals surface area contributed by atoms with Crippen molar-refractivity contribution in [2.45, 2.75) is 25.3 Å². The Hall–Kier alpha value is -0.900. The second-order valence-electron chi connectivity index (χ2n) is 4.35. The van der Waals surface area contributed by atoms with Crippen LogP contribution >= 0.6 is 27.3 Å². The number of ether oxygens (including phenoxy) is 1. The minimum Gasteiger partial charge on any atom is -0.381 e. The lowest BCUT2D eigenvalue weighted by molar-refractivity contribution is 0.0298. The Kier molecular flexibility index (Phi) is 5.37. The van der Waals surface area contributed by atoms with Crippen LogP contribution in [0.15, 0.2) is 15.9 Å². The van der Waals surface area contributed by atoms with Crippen LogP contribution < -0.4 is 0 Å². The summed E-state index contributed by atoms with van der Waals surface area (Å²) in [4.78, 5) is 15.1. The van der Waals surface area contributed by atoms with Crippen LogP contribution in [0.2, 0.25) is 0 Å². The molecule has 0 saturated carbocycles. The van der Waals surface area contributed by atoms with E-state index in [-0.39, 0.29) is 11.9 Å². The van der Waals surface area contributed by atoms with Crippen molar-refractivity contribution < 1.29 is 9.53 Å². The normalized spacial score (nSPS) is 16.0. The predicted octanol–water partition coefficient (Wildman–Crippen LogP) is 3.05. The fourth-order valence-corrected chi connectivity index (χ4v) is 3.69. The van der Waals surface area contributed by atoms with Crippen LogP contribution in [-0.4, -0.2) is 36.6 Å². The zero-order valence-corrected chi connectivity index (χ0v) is 12.9. The molecule has 1 aromatic rings. The first-order chi connectivity index (χ1) is 9.24. The zero-order chi connectivity index (χ0) is 13.7. The first kappa shape index (κ1) is 14.5.